The highest BCUT2D eigenvalue weighted by molar-refractivity contribution is 5.96. The number of alkyl halides is 6. The Labute approximate surface area is 494 Å². The van der Waals surface area contributed by atoms with Gasteiger partial charge in [-0.2, -0.15) is 36.5 Å². The monoisotopic (exact) mass is 1200 g/mol. The molecular formula is C63H60F6N8O10. The number of nitrogens with zero attached hydrogens (tertiary/aromatic N) is 6. The molecule has 454 valence electrons. The van der Waals surface area contributed by atoms with E-state index in [0.717, 1.165) is 21.8 Å². The molecule has 4 aromatic carbocycles. The number of aromatic nitrogens is 6. The number of carbonyl (C=O) groups is 6. The lowest BCUT2D eigenvalue weighted by molar-refractivity contribution is -0.142. The molecule has 8 aromatic rings. The van der Waals surface area contributed by atoms with Crippen LogP contribution >= 0.6 is 0 Å². The number of aromatic carboxylic acids is 1. The first kappa shape index (κ1) is 62.1. The fourth-order valence-electron chi connectivity index (χ4n) is 10.8. The first-order valence-corrected chi connectivity index (χ1v) is 28.3. The maximum Gasteiger partial charge on any atom is 0.435 e. The fourth-order valence-corrected chi connectivity index (χ4v) is 10.8. The van der Waals surface area contributed by atoms with E-state index >= 15 is 0 Å². The number of esters is 1. The molecule has 4 aromatic heterocycles. The van der Waals surface area contributed by atoms with Gasteiger partial charge in [0.15, 0.2) is 46.1 Å². The van der Waals surface area contributed by atoms with Gasteiger partial charge in [-0.1, -0.05) is 97.1 Å². The van der Waals surface area contributed by atoms with Crippen molar-refractivity contribution in [2.45, 2.75) is 101 Å². The Morgan fingerprint density at radius 3 is 1.25 bits per heavy atom. The SMILES string of the molecule is COC(=O)c1nc(C2CCC(C(=O)CCCNC(=O)c3cn(-c4ccccc4)nc3C(F)(F)F)CC2)oc1-c1ccccc1.O=C(NCCCC(=O)C1CCC(c2nc(C(=O)O)c(-c3ccccc3)o2)CC1)c1cn(-c2ccccc2)nc1C(F)(F)F. The van der Waals surface area contributed by atoms with Gasteiger partial charge in [0.2, 0.25) is 0 Å². The Morgan fingerprint density at radius 1 is 0.540 bits per heavy atom. The third-order valence-corrected chi connectivity index (χ3v) is 15.3. The number of halogens is 6. The second-order valence-electron chi connectivity index (χ2n) is 21.1. The van der Waals surface area contributed by atoms with Crippen molar-refractivity contribution in [2.75, 3.05) is 20.2 Å². The largest absolute Gasteiger partial charge is 0.476 e. The van der Waals surface area contributed by atoms with Crippen LogP contribution in [0.1, 0.15) is 154 Å². The number of carbonyl (C=O) groups excluding carboxylic acids is 5. The zero-order chi connectivity index (χ0) is 61.8. The molecule has 3 N–H and O–H groups in total. The molecule has 2 aliphatic carbocycles. The van der Waals surface area contributed by atoms with Gasteiger partial charge in [-0.05, 0) is 88.5 Å². The van der Waals surface area contributed by atoms with E-state index in [4.69, 9.17) is 13.6 Å². The quantitative estimate of drug-likeness (QED) is 0.0365. The minimum Gasteiger partial charge on any atom is -0.476 e. The summed E-state index contributed by atoms with van der Waals surface area (Å²) in [6, 6.07) is 34.4. The van der Waals surface area contributed by atoms with Gasteiger partial charge >= 0.3 is 24.3 Å². The maximum absolute atomic E-state index is 13.6. The van der Waals surface area contributed by atoms with Crippen LogP contribution in [0.2, 0.25) is 0 Å². The van der Waals surface area contributed by atoms with Crippen LogP contribution in [0.15, 0.2) is 143 Å². The number of methoxy groups -OCH3 is 1. The van der Waals surface area contributed by atoms with Gasteiger partial charge in [-0.15, -0.1) is 0 Å². The van der Waals surface area contributed by atoms with Gasteiger partial charge < -0.3 is 29.3 Å². The van der Waals surface area contributed by atoms with Crippen LogP contribution in [0.4, 0.5) is 26.3 Å². The molecule has 0 atom stereocenters. The van der Waals surface area contributed by atoms with Crippen molar-refractivity contribution >= 4 is 35.3 Å². The van der Waals surface area contributed by atoms with Crippen LogP contribution in [0.5, 0.6) is 0 Å². The lowest BCUT2D eigenvalue weighted by Crippen LogP contribution is -2.28. The van der Waals surface area contributed by atoms with Crippen molar-refractivity contribution in [1.82, 2.24) is 40.2 Å². The number of hydrogen-bond acceptors (Lipinski definition) is 13. The first-order chi connectivity index (χ1) is 41.8. The van der Waals surface area contributed by atoms with Crippen molar-refractivity contribution in [3.63, 3.8) is 0 Å². The predicted molar refractivity (Wildman–Crippen MR) is 302 cm³/mol. The summed E-state index contributed by atoms with van der Waals surface area (Å²) >= 11 is 0. The molecular weight excluding hydrogens is 1140 g/mol. The number of hydrogen-bond donors (Lipinski definition) is 3. The predicted octanol–water partition coefficient (Wildman–Crippen LogP) is 12.7. The van der Waals surface area contributed by atoms with Gasteiger partial charge in [0.1, 0.15) is 11.6 Å². The van der Waals surface area contributed by atoms with Crippen LogP contribution in [-0.4, -0.2) is 90.2 Å². The van der Waals surface area contributed by atoms with Gasteiger partial charge in [-0.3, -0.25) is 19.2 Å². The highest BCUT2D eigenvalue weighted by Crippen LogP contribution is 2.41. The zero-order valence-electron chi connectivity index (χ0n) is 47.0. The number of nitrogens with one attached hydrogen (secondary N) is 2. The topological polar surface area (TPSA) is 244 Å². The maximum atomic E-state index is 13.6. The van der Waals surface area contributed by atoms with Crippen LogP contribution in [0.3, 0.4) is 0 Å². The summed E-state index contributed by atoms with van der Waals surface area (Å²) in [7, 11) is 1.28. The summed E-state index contributed by atoms with van der Waals surface area (Å²) in [5.74, 6) is -2.73. The molecule has 0 saturated heterocycles. The van der Waals surface area contributed by atoms with Crippen molar-refractivity contribution in [1.29, 1.82) is 0 Å². The summed E-state index contributed by atoms with van der Waals surface area (Å²) in [6.45, 7) is 0.0763. The van der Waals surface area contributed by atoms with Crippen LogP contribution < -0.4 is 10.6 Å². The molecule has 2 aliphatic rings. The molecule has 24 heteroatoms. The van der Waals surface area contributed by atoms with E-state index in [0.29, 0.717) is 97.8 Å². The number of para-hydroxylation sites is 2. The molecule has 18 nitrogen and oxygen atoms in total. The number of Topliss-reactive ketones (excluding diaryl/α,β-unsaturated/α-hetero) is 2. The fraction of sp³-hybridized carbons (Fsp3) is 0.333. The number of oxazole rings is 2. The number of benzene rings is 4. The molecule has 2 fully saturated rings. The molecule has 4 heterocycles. The minimum atomic E-state index is -4.81. The minimum absolute atomic E-state index is 0.0178. The molecule has 2 amide bonds. The average molecular weight is 1200 g/mol. The van der Waals surface area contributed by atoms with E-state index in [-0.39, 0.29) is 84.7 Å². The Balaban J connectivity index is 0.000000208. The van der Waals surface area contributed by atoms with Crippen molar-refractivity contribution < 1.29 is 73.8 Å². The summed E-state index contributed by atoms with van der Waals surface area (Å²) in [4.78, 5) is 83.8. The van der Waals surface area contributed by atoms with Crippen molar-refractivity contribution in [2.24, 2.45) is 11.8 Å². The summed E-state index contributed by atoms with van der Waals surface area (Å²) < 4.78 is 100. The first-order valence-electron chi connectivity index (χ1n) is 28.3. The summed E-state index contributed by atoms with van der Waals surface area (Å²) in [5.41, 5.74) is -1.64. The van der Waals surface area contributed by atoms with Crippen LogP contribution in [-0.2, 0) is 26.7 Å². The van der Waals surface area contributed by atoms with E-state index in [1.54, 1.807) is 84.9 Å². The van der Waals surface area contributed by atoms with Gasteiger partial charge in [0.05, 0.1) is 29.6 Å². The summed E-state index contributed by atoms with van der Waals surface area (Å²) in [5, 5.41) is 21.8. The third kappa shape index (κ3) is 15.3. The van der Waals surface area contributed by atoms with Crippen molar-refractivity contribution in [3.05, 3.63) is 179 Å². The summed E-state index contributed by atoms with van der Waals surface area (Å²) in [6.07, 6.45) is -1.70. The molecule has 0 unspecified atom stereocenters. The number of amides is 2. The van der Waals surface area contributed by atoms with Gasteiger partial charge in [0.25, 0.3) is 11.8 Å². The number of rotatable bonds is 20. The lowest BCUT2D eigenvalue weighted by Gasteiger charge is -2.25. The van der Waals surface area contributed by atoms with Crippen LogP contribution in [0, 0.1) is 11.8 Å². The van der Waals surface area contributed by atoms with E-state index in [2.05, 4.69) is 30.8 Å². The van der Waals surface area contributed by atoms with E-state index in [1.165, 1.54) is 7.11 Å². The van der Waals surface area contributed by atoms with Gasteiger partial charge in [-0.25, -0.2) is 28.9 Å². The van der Waals surface area contributed by atoms with E-state index in [1.807, 2.05) is 36.4 Å². The molecule has 87 heavy (non-hydrogen) atoms. The third-order valence-electron chi connectivity index (χ3n) is 15.3. The molecule has 0 aliphatic heterocycles. The standard InChI is InChI=1S/C32H31F3N4O5.C31H29F3N4O5/c1-43-31(42)26-27(21-9-4-2-5-10-21)44-30(37-26)22-16-14-20(15-17-22)25(40)13-8-18-36-29(41)24-19-39(23-11-6-3-7-12-23)38-28(24)32(33,34)35;32-31(33,34)27-23(18-38(37-27)22-10-5-2-6-11-22)28(40)35-17-7-12-24(39)19-13-15-21(16-14-19)29-36-25(30(41)42)26(43-29)20-8-3-1-4-9-20/h2-7,9-12,19-20,22H,8,13-18H2,1H3,(H,36,41);1-6,8-11,18-19,21H,7,12-17H2,(H,35,40)(H,41,42). The highest BCUT2D eigenvalue weighted by Gasteiger charge is 2.41. The number of carboxylic acids is 1. The van der Waals surface area contributed by atoms with Gasteiger partial charge in [0, 0.05) is 73.1 Å². The van der Waals surface area contributed by atoms with E-state index in [9.17, 15) is 60.2 Å². The lowest BCUT2D eigenvalue weighted by atomic mass is 9.79. The zero-order valence-corrected chi connectivity index (χ0v) is 47.0. The van der Waals surface area contributed by atoms with E-state index < -0.39 is 58.6 Å². The van der Waals surface area contributed by atoms with Crippen LogP contribution in [0.25, 0.3) is 34.0 Å². The second kappa shape index (κ2) is 27.7. The molecule has 0 spiro atoms. The number of ketones is 2. The Morgan fingerprint density at radius 2 is 0.897 bits per heavy atom. The molecule has 2 saturated carbocycles. The van der Waals surface area contributed by atoms with Crippen molar-refractivity contribution in [3.8, 4) is 34.0 Å². The number of ether oxygens (including phenoxy) is 1. The molecule has 10 rings (SSSR count). The molecule has 0 radical (unpaired) electrons. The normalized spacial score (nSPS) is 16.9. The molecule has 0 bridgehead atoms. The Bertz CT molecular complexity index is 3680. The highest BCUT2D eigenvalue weighted by atomic mass is 19.4. The Hall–Kier alpha value is -9.48. The smallest absolute Gasteiger partial charge is 0.435 e. The number of carboxylic acid groups (broad SMARTS) is 1. The second-order valence-corrected chi connectivity index (χ2v) is 21.1. The average Bonchev–Trinajstić information content (AvgIpc) is 2.68. The Kier molecular flexibility index (Phi) is 19.8.